The van der Waals surface area contributed by atoms with Crippen molar-refractivity contribution >= 4 is 23.6 Å². The van der Waals surface area contributed by atoms with Gasteiger partial charge in [-0.25, -0.2) is 0 Å². The molecular weight excluding hydrogens is 238 g/mol. The fourth-order valence-electron chi connectivity index (χ4n) is 1.86. The standard InChI is InChI=1S/C11H21N3O2S/c1-4-8(7-17-3)14(2)11(16)9-5-13-10(15)6-12-9/h8-9,12H,4-7H2,1-3H3,(H,13,15). The van der Waals surface area contributed by atoms with Gasteiger partial charge in [-0.15, -0.1) is 0 Å². The summed E-state index contributed by atoms with van der Waals surface area (Å²) in [6, 6.07) is -0.0227. The summed E-state index contributed by atoms with van der Waals surface area (Å²) in [6.07, 6.45) is 2.99. The van der Waals surface area contributed by atoms with Crippen molar-refractivity contribution in [1.82, 2.24) is 15.5 Å². The molecule has 1 heterocycles. The largest absolute Gasteiger partial charge is 0.353 e. The van der Waals surface area contributed by atoms with Gasteiger partial charge in [0.05, 0.1) is 6.54 Å². The average Bonchev–Trinajstić information content (AvgIpc) is 2.35. The second-order valence-electron chi connectivity index (χ2n) is 4.20. The zero-order valence-corrected chi connectivity index (χ0v) is 11.5. The van der Waals surface area contributed by atoms with Gasteiger partial charge in [-0.05, 0) is 12.7 Å². The Morgan fingerprint density at radius 2 is 2.35 bits per heavy atom. The molecule has 1 fully saturated rings. The predicted molar refractivity (Wildman–Crippen MR) is 70.0 cm³/mol. The quantitative estimate of drug-likeness (QED) is 0.710. The number of hydrogen-bond acceptors (Lipinski definition) is 4. The van der Waals surface area contributed by atoms with Crippen molar-refractivity contribution in [2.24, 2.45) is 0 Å². The average molecular weight is 259 g/mol. The van der Waals surface area contributed by atoms with Gasteiger partial charge in [-0.2, -0.15) is 11.8 Å². The molecule has 17 heavy (non-hydrogen) atoms. The third-order valence-corrected chi connectivity index (χ3v) is 3.75. The van der Waals surface area contributed by atoms with Gasteiger partial charge in [0.2, 0.25) is 11.8 Å². The zero-order valence-electron chi connectivity index (χ0n) is 10.7. The summed E-state index contributed by atoms with van der Waals surface area (Å²) in [6.45, 7) is 2.70. The lowest BCUT2D eigenvalue weighted by Gasteiger charge is -2.32. The second kappa shape index (κ2) is 6.86. The van der Waals surface area contributed by atoms with Gasteiger partial charge in [0, 0.05) is 25.4 Å². The minimum atomic E-state index is -0.284. The Kier molecular flexibility index (Phi) is 5.77. The van der Waals surface area contributed by atoms with Crippen molar-refractivity contribution < 1.29 is 9.59 Å². The molecule has 0 spiro atoms. The molecule has 0 saturated carbocycles. The van der Waals surface area contributed by atoms with E-state index in [4.69, 9.17) is 0 Å². The molecule has 6 heteroatoms. The lowest BCUT2D eigenvalue weighted by atomic mass is 10.1. The van der Waals surface area contributed by atoms with Crippen LogP contribution in [0.5, 0.6) is 0 Å². The summed E-state index contributed by atoms with van der Waals surface area (Å²) in [5, 5.41) is 5.66. The number of nitrogens with zero attached hydrogens (tertiary/aromatic N) is 1. The number of piperazine rings is 1. The molecular formula is C11H21N3O2S. The van der Waals surface area contributed by atoms with Crippen LogP contribution in [0.4, 0.5) is 0 Å². The maximum atomic E-state index is 12.2. The molecule has 2 unspecified atom stereocenters. The molecule has 0 aromatic carbocycles. The number of amides is 2. The molecule has 0 aromatic rings. The summed E-state index contributed by atoms with van der Waals surface area (Å²) in [7, 11) is 1.84. The third-order valence-electron chi connectivity index (χ3n) is 3.04. The van der Waals surface area contributed by atoms with Gasteiger partial charge in [0.1, 0.15) is 6.04 Å². The Hall–Kier alpha value is -0.750. The van der Waals surface area contributed by atoms with E-state index in [0.29, 0.717) is 6.54 Å². The molecule has 0 radical (unpaired) electrons. The van der Waals surface area contributed by atoms with E-state index in [2.05, 4.69) is 17.6 Å². The van der Waals surface area contributed by atoms with Crippen LogP contribution >= 0.6 is 11.8 Å². The minimum Gasteiger partial charge on any atom is -0.353 e. The van der Waals surface area contributed by atoms with Crippen LogP contribution in [0.3, 0.4) is 0 Å². The van der Waals surface area contributed by atoms with Gasteiger partial charge >= 0.3 is 0 Å². The molecule has 2 N–H and O–H groups in total. The SMILES string of the molecule is CCC(CSC)N(C)C(=O)C1CNC(=O)CN1. The molecule has 0 aromatic heterocycles. The Morgan fingerprint density at radius 1 is 1.65 bits per heavy atom. The number of hydrogen-bond donors (Lipinski definition) is 2. The van der Waals surface area contributed by atoms with Crippen LogP contribution < -0.4 is 10.6 Å². The van der Waals surface area contributed by atoms with Crippen molar-refractivity contribution in [3.05, 3.63) is 0 Å². The van der Waals surface area contributed by atoms with Crippen LogP contribution in [-0.4, -0.2) is 60.9 Å². The molecule has 1 rings (SSSR count). The zero-order chi connectivity index (χ0) is 12.8. The van der Waals surface area contributed by atoms with Crippen molar-refractivity contribution in [2.45, 2.75) is 25.4 Å². The van der Waals surface area contributed by atoms with Gasteiger partial charge in [0.15, 0.2) is 0 Å². The molecule has 5 nitrogen and oxygen atoms in total. The third kappa shape index (κ3) is 3.89. The molecule has 2 atom stereocenters. The predicted octanol–water partition coefficient (Wildman–Crippen LogP) is -0.326. The van der Waals surface area contributed by atoms with Crippen LogP contribution in [0.2, 0.25) is 0 Å². The van der Waals surface area contributed by atoms with E-state index < -0.39 is 0 Å². The summed E-state index contributed by atoms with van der Waals surface area (Å²) in [4.78, 5) is 25.0. The summed E-state index contributed by atoms with van der Waals surface area (Å²) in [5.74, 6) is 0.955. The van der Waals surface area contributed by atoms with Crippen LogP contribution in [0.1, 0.15) is 13.3 Å². The molecule has 1 saturated heterocycles. The van der Waals surface area contributed by atoms with E-state index in [9.17, 15) is 9.59 Å². The van der Waals surface area contributed by atoms with Crippen LogP contribution in [0, 0.1) is 0 Å². The Labute approximate surface area is 107 Å². The first-order valence-corrected chi connectivity index (χ1v) is 7.25. The van der Waals surface area contributed by atoms with Crippen molar-refractivity contribution in [3.8, 4) is 0 Å². The number of rotatable bonds is 5. The first-order chi connectivity index (χ1) is 8.10. The maximum Gasteiger partial charge on any atom is 0.241 e. The number of likely N-dealkylation sites (N-methyl/N-ethyl adjacent to an activating group) is 1. The normalized spacial score (nSPS) is 21.8. The number of thioether (sulfide) groups is 1. The molecule has 1 aliphatic heterocycles. The number of carbonyl (C=O) groups excluding carboxylic acids is 2. The lowest BCUT2D eigenvalue weighted by Crippen LogP contribution is -2.59. The maximum absolute atomic E-state index is 12.2. The van der Waals surface area contributed by atoms with Gasteiger partial charge < -0.3 is 10.2 Å². The van der Waals surface area contributed by atoms with Gasteiger partial charge in [0.25, 0.3) is 0 Å². The van der Waals surface area contributed by atoms with E-state index in [-0.39, 0.29) is 30.4 Å². The monoisotopic (exact) mass is 259 g/mol. The highest BCUT2D eigenvalue weighted by Crippen LogP contribution is 2.10. The topological polar surface area (TPSA) is 61.4 Å². The first-order valence-electron chi connectivity index (χ1n) is 5.85. The minimum absolute atomic E-state index is 0.0483. The molecule has 98 valence electrons. The number of nitrogens with one attached hydrogen (secondary N) is 2. The highest BCUT2D eigenvalue weighted by molar-refractivity contribution is 7.98. The van der Waals surface area contributed by atoms with Gasteiger partial charge in [-0.1, -0.05) is 6.92 Å². The van der Waals surface area contributed by atoms with Gasteiger partial charge in [-0.3, -0.25) is 14.9 Å². The highest BCUT2D eigenvalue weighted by Gasteiger charge is 2.28. The van der Waals surface area contributed by atoms with Crippen LogP contribution in [0.25, 0.3) is 0 Å². The Balaban J connectivity index is 2.52. The van der Waals surface area contributed by atoms with Crippen molar-refractivity contribution in [3.63, 3.8) is 0 Å². The summed E-state index contributed by atoms with van der Waals surface area (Å²) < 4.78 is 0. The second-order valence-corrected chi connectivity index (χ2v) is 5.11. The molecule has 1 aliphatic rings. The van der Waals surface area contributed by atoms with E-state index in [1.54, 1.807) is 16.7 Å². The molecule has 2 amide bonds. The van der Waals surface area contributed by atoms with Crippen LogP contribution in [0.15, 0.2) is 0 Å². The Bertz CT molecular complexity index is 276. The van der Waals surface area contributed by atoms with Crippen LogP contribution in [-0.2, 0) is 9.59 Å². The molecule has 0 bridgehead atoms. The fraction of sp³-hybridized carbons (Fsp3) is 0.818. The van der Waals surface area contributed by atoms with Crippen molar-refractivity contribution in [1.29, 1.82) is 0 Å². The van der Waals surface area contributed by atoms with Crippen molar-refractivity contribution in [2.75, 3.05) is 32.1 Å². The highest BCUT2D eigenvalue weighted by atomic mass is 32.2. The smallest absolute Gasteiger partial charge is 0.241 e. The fourth-order valence-corrected chi connectivity index (χ4v) is 2.71. The van der Waals surface area contributed by atoms with E-state index in [1.807, 2.05) is 13.3 Å². The number of carbonyl (C=O) groups is 2. The summed E-state index contributed by atoms with van der Waals surface area (Å²) >= 11 is 1.74. The molecule has 0 aliphatic carbocycles. The first kappa shape index (κ1) is 14.3. The Morgan fingerprint density at radius 3 is 2.82 bits per heavy atom. The van der Waals surface area contributed by atoms with E-state index in [0.717, 1.165) is 12.2 Å². The summed E-state index contributed by atoms with van der Waals surface area (Å²) in [5.41, 5.74) is 0. The van der Waals surface area contributed by atoms with E-state index in [1.165, 1.54) is 0 Å². The van der Waals surface area contributed by atoms with E-state index >= 15 is 0 Å². The lowest BCUT2D eigenvalue weighted by molar-refractivity contribution is -0.135.